The first kappa shape index (κ1) is 30.7. The van der Waals surface area contributed by atoms with Gasteiger partial charge in [0.25, 0.3) is 0 Å². The first-order valence-corrected chi connectivity index (χ1v) is 12.2. The lowest BCUT2D eigenvalue weighted by Crippen LogP contribution is -2.34. The minimum Gasteiger partial charge on any atom is -0.380 e. The van der Waals surface area contributed by atoms with Gasteiger partial charge in [-0.3, -0.25) is 5.41 Å². The quantitative estimate of drug-likeness (QED) is 0.201. The van der Waals surface area contributed by atoms with Gasteiger partial charge in [0.2, 0.25) is 11.7 Å². The molecule has 3 N–H and O–H groups in total. The maximum atomic E-state index is 12.4. The summed E-state index contributed by atoms with van der Waals surface area (Å²) in [5.41, 5.74) is 6.05. The lowest BCUT2D eigenvalue weighted by Gasteiger charge is -2.14. The lowest BCUT2D eigenvalue weighted by atomic mass is 10.1. The maximum absolute atomic E-state index is 12.4. The van der Waals surface area contributed by atoms with Crippen LogP contribution < -0.4 is 5.73 Å². The minimum absolute atomic E-state index is 0.0825. The van der Waals surface area contributed by atoms with E-state index in [1.165, 1.54) is 18.2 Å². The van der Waals surface area contributed by atoms with Crippen LogP contribution in [0.5, 0.6) is 0 Å². The van der Waals surface area contributed by atoms with Gasteiger partial charge in [0.05, 0.1) is 23.7 Å². The number of ether oxygens (including phenoxy) is 1. The fraction of sp³-hybridized carbons (Fsp3) is 0.370. The van der Waals surface area contributed by atoms with Gasteiger partial charge in [0.1, 0.15) is 0 Å². The molecule has 1 saturated heterocycles. The number of nitrogens with zero attached hydrogens (tertiary/aromatic N) is 3. The number of alkyl halides is 6. The number of rotatable bonds is 5. The van der Waals surface area contributed by atoms with Crippen molar-refractivity contribution in [2.75, 3.05) is 20.2 Å². The summed E-state index contributed by atoms with van der Waals surface area (Å²) in [7, 11) is 1.19. The summed E-state index contributed by atoms with van der Waals surface area (Å²) in [6, 6.07) is 9.50. The van der Waals surface area contributed by atoms with Crippen LogP contribution in [0.3, 0.4) is 0 Å². The van der Waals surface area contributed by atoms with Gasteiger partial charge < -0.3 is 19.9 Å². The van der Waals surface area contributed by atoms with E-state index in [0.717, 1.165) is 18.5 Å². The first-order valence-electron chi connectivity index (χ1n) is 12.2. The maximum Gasteiger partial charge on any atom is 0.416 e. The Hall–Kier alpha value is -3.87. The highest BCUT2D eigenvalue weighted by molar-refractivity contribution is 5.75. The van der Waals surface area contributed by atoms with Crippen molar-refractivity contribution in [3.05, 3.63) is 76.7 Å². The summed E-state index contributed by atoms with van der Waals surface area (Å²) in [5, 5.41) is 11.6. The number of likely N-dealkylation sites (tertiary alicyclic amines) is 1. The van der Waals surface area contributed by atoms with Gasteiger partial charge in [-0.05, 0) is 55.2 Å². The van der Waals surface area contributed by atoms with E-state index in [1.807, 2.05) is 24.0 Å². The molecule has 0 bridgehead atoms. The van der Waals surface area contributed by atoms with Crippen molar-refractivity contribution in [2.24, 2.45) is 5.73 Å². The lowest BCUT2D eigenvalue weighted by molar-refractivity contribution is -0.143. The molecular weight excluding hydrogens is 540 g/mol. The molecule has 1 aromatic heterocycles. The van der Waals surface area contributed by atoms with Crippen molar-refractivity contribution in [3.8, 4) is 11.4 Å². The Kier molecular flexibility index (Phi) is 9.61. The van der Waals surface area contributed by atoms with Crippen LogP contribution in [0.2, 0.25) is 0 Å². The molecule has 1 aliphatic heterocycles. The van der Waals surface area contributed by atoms with Crippen molar-refractivity contribution in [1.29, 1.82) is 5.41 Å². The van der Waals surface area contributed by atoms with Gasteiger partial charge in [0.15, 0.2) is 5.96 Å². The molecule has 2 aromatic carbocycles. The number of aromatic nitrogens is 2. The van der Waals surface area contributed by atoms with Crippen LogP contribution in [0.25, 0.3) is 17.0 Å². The molecule has 0 saturated carbocycles. The van der Waals surface area contributed by atoms with Crippen LogP contribution in [-0.2, 0) is 23.7 Å². The molecular formula is C27H29F6N5O2. The Balaban J connectivity index is 0.000000232. The smallest absolute Gasteiger partial charge is 0.380 e. The molecule has 1 unspecified atom stereocenters. The van der Waals surface area contributed by atoms with Crippen molar-refractivity contribution < 1.29 is 35.6 Å². The number of benzene rings is 2. The van der Waals surface area contributed by atoms with Crippen LogP contribution in [-0.4, -0.2) is 41.2 Å². The predicted molar refractivity (Wildman–Crippen MR) is 137 cm³/mol. The molecule has 0 aliphatic carbocycles. The second kappa shape index (κ2) is 12.5. The SMILES string of the molecule is C/C=C(\C)c1ccc(-c2noc(C3CCN(C(=N)N)C3)n2)cc1.COCc1cc(C(F)(F)F)cc(C(F)(F)F)c1. The summed E-state index contributed by atoms with van der Waals surface area (Å²) < 4.78 is 84.2. The third-order valence-corrected chi connectivity index (χ3v) is 6.31. The van der Waals surface area contributed by atoms with E-state index in [4.69, 9.17) is 15.7 Å². The number of hydrogen-bond donors (Lipinski definition) is 2. The third kappa shape index (κ3) is 7.84. The Labute approximate surface area is 227 Å². The largest absolute Gasteiger partial charge is 0.416 e. The Morgan fingerprint density at radius 3 is 2.17 bits per heavy atom. The molecule has 216 valence electrons. The van der Waals surface area contributed by atoms with Gasteiger partial charge >= 0.3 is 12.4 Å². The van der Waals surface area contributed by atoms with E-state index in [0.29, 0.717) is 30.4 Å². The van der Waals surface area contributed by atoms with E-state index in [1.54, 1.807) is 0 Å². The van der Waals surface area contributed by atoms with E-state index in [2.05, 4.69) is 40.0 Å². The molecule has 0 amide bonds. The molecule has 1 atom stereocenters. The second-order valence-electron chi connectivity index (χ2n) is 9.17. The highest BCUT2D eigenvalue weighted by Gasteiger charge is 2.36. The molecule has 1 aliphatic rings. The number of hydrogen-bond acceptors (Lipinski definition) is 5. The minimum atomic E-state index is -4.82. The third-order valence-electron chi connectivity index (χ3n) is 6.31. The highest BCUT2D eigenvalue weighted by atomic mass is 19.4. The number of halogens is 6. The molecule has 0 radical (unpaired) electrons. The fourth-order valence-electron chi connectivity index (χ4n) is 4.02. The van der Waals surface area contributed by atoms with Gasteiger partial charge in [-0.1, -0.05) is 35.5 Å². The number of methoxy groups -OCH3 is 1. The molecule has 40 heavy (non-hydrogen) atoms. The number of allylic oxidation sites excluding steroid dienone is 2. The summed E-state index contributed by atoms with van der Waals surface area (Å²) in [5.74, 6) is 1.47. The zero-order chi connectivity index (χ0) is 29.7. The first-order chi connectivity index (χ1) is 18.7. The van der Waals surface area contributed by atoms with E-state index in [9.17, 15) is 26.3 Å². The molecule has 2 heterocycles. The second-order valence-corrected chi connectivity index (χ2v) is 9.17. The van der Waals surface area contributed by atoms with Gasteiger partial charge in [-0.15, -0.1) is 0 Å². The fourth-order valence-corrected chi connectivity index (χ4v) is 4.02. The normalized spacial score (nSPS) is 16.1. The van der Waals surface area contributed by atoms with Crippen molar-refractivity contribution in [3.63, 3.8) is 0 Å². The van der Waals surface area contributed by atoms with Crippen molar-refractivity contribution >= 4 is 11.5 Å². The Morgan fingerprint density at radius 2 is 1.70 bits per heavy atom. The topological polar surface area (TPSA) is 101 Å². The predicted octanol–water partition coefficient (Wildman–Crippen LogP) is 6.71. The standard InChI is InChI=1S/C17H21N5O.C10H8F6O/c1-3-11(2)12-4-6-13(7-5-12)15-20-16(23-21-15)14-8-9-22(10-14)17(18)19;1-17-5-6-2-7(9(11,12)13)4-8(3-6)10(14,15)16/h3-7,14H,8-10H2,1-2H3,(H3,18,19);2-4H,5H2,1H3/b11-3+;. The van der Waals surface area contributed by atoms with Gasteiger partial charge in [0, 0.05) is 25.8 Å². The molecule has 0 spiro atoms. The summed E-state index contributed by atoms with van der Waals surface area (Å²) >= 11 is 0. The van der Waals surface area contributed by atoms with Crippen molar-refractivity contribution in [2.45, 2.75) is 45.1 Å². The average molecular weight is 570 g/mol. The summed E-state index contributed by atoms with van der Waals surface area (Å²) in [4.78, 5) is 6.34. The number of nitrogens with one attached hydrogen (secondary N) is 1. The molecule has 13 heteroatoms. The molecule has 7 nitrogen and oxygen atoms in total. The Morgan fingerprint density at radius 1 is 1.10 bits per heavy atom. The zero-order valence-electron chi connectivity index (χ0n) is 22.0. The van der Waals surface area contributed by atoms with E-state index < -0.39 is 23.5 Å². The molecule has 3 aromatic rings. The summed E-state index contributed by atoms with van der Waals surface area (Å²) in [6.07, 6.45) is -6.67. The van der Waals surface area contributed by atoms with Crippen LogP contribution in [0.15, 0.2) is 53.1 Å². The van der Waals surface area contributed by atoms with Gasteiger partial charge in [-0.25, -0.2) is 0 Å². The molecule has 4 rings (SSSR count). The van der Waals surface area contributed by atoms with Crippen LogP contribution >= 0.6 is 0 Å². The van der Waals surface area contributed by atoms with Crippen LogP contribution in [0, 0.1) is 5.41 Å². The van der Waals surface area contributed by atoms with Crippen LogP contribution in [0.1, 0.15) is 54.3 Å². The monoisotopic (exact) mass is 569 g/mol. The summed E-state index contributed by atoms with van der Waals surface area (Å²) in [6.45, 7) is 5.22. The van der Waals surface area contributed by atoms with Crippen LogP contribution in [0.4, 0.5) is 26.3 Å². The van der Waals surface area contributed by atoms with E-state index >= 15 is 0 Å². The molecule has 1 fully saturated rings. The number of guanidine groups is 1. The average Bonchev–Trinajstić information content (AvgIpc) is 3.58. The van der Waals surface area contributed by atoms with E-state index in [-0.39, 0.29) is 30.1 Å². The van der Waals surface area contributed by atoms with Crippen molar-refractivity contribution in [1.82, 2.24) is 15.0 Å². The highest BCUT2D eigenvalue weighted by Crippen LogP contribution is 2.36. The zero-order valence-corrected chi connectivity index (χ0v) is 22.0. The van der Waals surface area contributed by atoms with Gasteiger partial charge in [-0.2, -0.15) is 31.3 Å². The Bertz CT molecular complexity index is 1300. The number of nitrogens with two attached hydrogens (primary N) is 1.